The molecular weight excluding hydrogens is 200 g/mol. The molecule has 0 aliphatic carbocycles. The normalized spacial score (nSPS) is 49.0. The van der Waals surface area contributed by atoms with E-state index >= 15 is 0 Å². The second-order valence-corrected chi connectivity index (χ2v) is 4.44. The zero-order valence-electron chi connectivity index (χ0n) is 8.92. The zero-order chi connectivity index (χ0) is 11.2. The van der Waals surface area contributed by atoms with Gasteiger partial charge in [0.25, 0.3) is 0 Å². The summed E-state index contributed by atoms with van der Waals surface area (Å²) in [5, 5.41) is 9.56. The van der Waals surface area contributed by atoms with E-state index in [1.165, 1.54) is 0 Å². The van der Waals surface area contributed by atoms with Crippen LogP contribution in [-0.2, 0) is 14.2 Å². The summed E-state index contributed by atoms with van der Waals surface area (Å²) in [5.74, 6) is -0.701. The van der Waals surface area contributed by atoms with Crippen LogP contribution >= 0.6 is 0 Å². The van der Waals surface area contributed by atoms with Crippen LogP contribution in [0.2, 0.25) is 0 Å². The second-order valence-electron chi connectivity index (χ2n) is 4.44. The number of nitrogens with two attached hydrogens (primary N) is 2. The largest absolute Gasteiger partial charge is 0.367 e. The topological polar surface area (TPSA) is 100.0 Å². The lowest BCUT2D eigenvalue weighted by Crippen LogP contribution is -2.61. The molecule has 0 radical (unpaired) electrons. The Labute approximate surface area is 88.5 Å². The number of rotatable bonds is 1. The van der Waals surface area contributed by atoms with Gasteiger partial charge in [0, 0.05) is 6.54 Å². The summed E-state index contributed by atoms with van der Waals surface area (Å²) < 4.78 is 16.5. The minimum atomic E-state index is -1.04. The van der Waals surface area contributed by atoms with E-state index in [4.69, 9.17) is 25.7 Å². The third-order valence-corrected chi connectivity index (χ3v) is 2.79. The van der Waals surface area contributed by atoms with Crippen molar-refractivity contribution in [3.63, 3.8) is 0 Å². The van der Waals surface area contributed by atoms with Crippen molar-refractivity contribution in [2.45, 2.75) is 50.3 Å². The van der Waals surface area contributed by atoms with Crippen molar-refractivity contribution in [2.75, 3.05) is 6.54 Å². The predicted molar refractivity (Wildman–Crippen MR) is 51.7 cm³/mol. The highest BCUT2D eigenvalue weighted by Gasteiger charge is 2.53. The molecule has 15 heavy (non-hydrogen) atoms. The smallest absolute Gasteiger partial charge is 0.172 e. The average Bonchev–Trinajstić information content (AvgIpc) is 2.48. The first kappa shape index (κ1) is 11.3. The van der Waals surface area contributed by atoms with Crippen molar-refractivity contribution in [3.8, 4) is 0 Å². The molecule has 6 nitrogen and oxygen atoms in total. The van der Waals surface area contributed by atoms with Crippen LogP contribution in [0.4, 0.5) is 0 Å². The molecule has 0 aromatic heterocycles. The molecule has 88 valence electrons. The summed E-state index contributed by atoms with van der Waals surface area (Å²) in [4.78, 5) is 0. The van der Waals surface area contributed by atoms with Crippen LogP contribution in [0.15, 0.2) is 0 Å². The maximum atomic E-state index is 9.56. The minimum absolute atomic E-state index is 0.268. The highest BCUT2D eigenvalue weighted by molar-refractivity contribution is 4.98. The van der Waals surface area contributed by atoms with Gasteiger partial charge in [-0.05, 0) is 13.8 Å². The molecule has 5 N–H and O–H groups in total. The number of hydrogen-bond acceptors (Lipinski definition) is 6. The second kappa shape index (κ2) is 3.65. The number of ether oxygens (including phenoxy) is 3. The number of hydrogen-bond donors (Lipinski definition) is 3. The Morgan fingerprint density at radius 3 is 2.47 bits per heavy atom. The molecule has 5 atom stereocenters. The Hall–Kier alpha value is -0.240. The molecule has 2 rings (SSSR count). The van der Waals surface area contributed by atoms with E-state index < -0.39 is 18.1 Å². The zero-order valence-corrected chi connectivity index (χ0v) is 8.92. The lowest BCUT2D eigenvalue weighted by molar-refractivity contribution is -0.215. The van der Waals surface area contributed by atoms with Crippen LogP contribution in [0.3, 0.4) is 0 Å². The van der Waals surface area contributed by atoms with Crippen molar-refractivity contribution in [2.24, 2.45) is 11.5 Å². The van der Waals surface area contributed by atoms with Crippen LogP contribution in [0, 0.1) is 0 Å². The Kier molecular flexibility index (Phi) is 2.74. The van der Waals surface area contributed by atoms with Gasteiger partial charge < -0.3 is 30.8 Å². The Morgan fingerprint density at radius 2 is 1.87 bits per heavy atom. The molecule has 2 aliphatic heterocycles. The molecule has 2 heterocycles. The maximum absolute atomic E-state index is 9.56. The van der Waals surface area contributed by atoms with Crippen LogP contribution in [0.1, 0.15) is 13.8 Å². The van der Waals surface area contributed by atoms with Gasteiger partial charge in [-0.25, -0.2) is 0 Å². The summed E-state index contributed by atoms with van der Waals surface area (Å²) in [6.45, 7) is 3.88. The van der Waals surface area contributed by atoms with Crippen LogP contribution in [0.5, 0.6) is 0 Å². The monoisotopic (exact) mass is 218 g/mol. The Bertz CT molecular complexity index is 240. The standard InChI is InChI=1S/C9H18N2O4/c1-9(2)14-6-4(3-10)13-8(12)5(11)7(6)15-9/h4-8,12H,3,10-11H2,1-2H3/t4-,5-,6+,7-,8?/m1/s1. The van der Waals surface area contributed by atoms with E-state index in [0.29, 0.717) is 0 Å². The fraction of sp³-hybridized carbons (Fsp3) is 1.00. The van der Waals surface area contributed by atoms with Gasteiger partial charge in [0.05, 0.1) is 6.04 Å². The molecule has 0 aromatic rings. The molecule has 0 amide bonds. The van der Waals surface area contributed by atoms with Gasteiger partial charge >= 0.3 is 0 Å². The highest BCUT2D eigenvalue weighted by Crippen LogP contribution is 2.35. The van der Waals surface area contributed by atoms with Crippen molar-refractivity contribution in [1.82, 2.24) is 0 Å². The molecule has 0 saturated carbocycles. The molecule has 2 saturated heterocycles. The summed E-state index contributed by atoms with van der Waals surface area (Å²) in [6.07, 6.45) is -2.08. The van der Waals surface area contributed by atoms with E-state index in [9.17, 15) is 5.11 Å². The Balaban J connectivity index is 2.18. The first-order valence-electron chi connectivity index (χ1n) is 5.09. The molecule has 0 spiro atoms. The van der Waals surface area contributed by atoms with E-state index in [2.05, 4.69) is 0 Å². The summed E-state index contributed by atoms with van der Waals surface area (Å²) in [6, 6.07) is -0.598. The van der Waals surface area contributed by atoms with E-state index in [0.717, 1.165) is 0 Å². The van der Waals surface area contributed by atoms with Crippen LogP contribution in [-0.4, -0.2) is 48.1 Å². The number of fused-ring (bicyclic) bond motifs is 1. The maximum Gasteiger partial charge on any atom is 0.172 e. The van der Waals surface area contributed by atoms with Gasteiger partial charge in [0.15, 0.2) is 12.1 Å². The SMILES string of the molecule is CC1(C)O[C@@H]2[C@H](O1)[C@@H](N)C(O)O[C@@H]2CN. The fourth-order valence-corrected chi connectivity index (χ4v) is 2.10. The summed E-state index contributed by atoms with van der Waals surface area (Å²) in [5.41, 5.74) is 11.3. The molecule has 6 heteroatoms. The molecular formula is C9H18N2O4. The Morgan fingerprint density at radius 1 is 1.27 bits per heavy atom. The first-order chi connectivity index (χ1) is 6.94. The van der Waals surface area contributed by atoms with Gasteiger partial charge in [-0.3, -0.25) is 0 Å². The van der Waals surface area contributed by atoms with E-state index in [-0.39, 0.29) is 24.9 Å². The number of aliphatic hydroxyl groups is 1. The van der Waals surface area contributed by atoms with Gasteiger partial charge in [-0.15, -0.1) is 0 Å². The van der Waals surface area contributed by atoms with Crippen molar-refractivity contribution in [3.05, 3.63) is 0 Å². The average molecular weight is 218 g/mol. The van der Waals surface area contributed by atoms with Gasteiger partial charge in [0.1, 0.15) is 18.3 Å². The lowest BCUT2D eigenvalue weighted by Gasteiger charge is -2.37. The summed E-state index contributed by atoms with van der Waals surface area (Å²) in [7, 11) is 0. The third kappa shape index (κ3) is 1.89. The van der Waals surface area contributed by atoms with Gasteiger partial charge in [0.2, 0.25) is 0 Å². The van der Waals surface area contributed by atoms with Crippen molar-refractivity contribution in [1.29, 1.82) is 0 Å². The molecule has 2 aliphatic rings. The van der Waals surface area contributed by atoms with E-state index in [1.807, 2.05) is 0 Å². The predicted octanol–water partition coefficient (Wildman–Crippen LogP) is -1.49. The highest BCUT2D eigenvalue weighted by atomic mass is 16.8. The van der Waals surface area contributed by atoms with Crippen molar-refractivity contribution >= 4 is 0 Å². The van der Waals surface area contributed by atoms with Crippen LogP contribution < -0.4 is 11.5 Å². The molecule has 2 fully saturated rings. The third-order valence-electron chi connectivity index (χ3n) is 2.79. The van der Waals surface area contributed by atoms with Gasteiger partial charge in [-0.2, -0.15) is 0 Å². The summed E-state index contributed by atoms with van der Waals surface area (Å²) >= 11 is 0. The first-order valence-corrected chi connectivity index (χ1v) is 5.09. The van der Waals surface area contributed by atoms with Crippen molar-refractivity contribution < 1.29 is 19.3 Å². The molecule has 1 unspecified atom stereocenters. The quantitative estimate of drug-likeness (QED) is 0.496. The number of aliphatic hydroxyl groups excluding tert-OH is 1. The van der Waals surface area contributed by atoms with Gasteiger partial charge in [-0.1, -0.05) is 0 Å². The molecule has 0 bridgehead atoms. The minimum Gasteiger partial charge on any atom is -0.367 e. The molecule has 0 aromatic carbocycles. The lowest BCUT2D eigenvalue weighted by atomic mass is 9.98. The van der Waals surface area contributed by atoms with Crippen LogP contribution in [0.25, 0.3) is 0 Å². The van der Waals surface area contributed by atoms with E-state index in [1.54, 1.807) is 13.8 Å². The fourth-order valence-electron chi connectivity index (χ4n) is 2.10.